The molecule has 0 saturated heterocycles. The summed E-state index contributed by atoms with van der Waals surface area (Å²) < 4.78 is 5.07. The van der Waals surface area contributed by atoms with E-state index in [1.165, 1.54) is 0 Å². The summed E-state index contributed by atoms with van der Waals surface area (Å²) in [5.74, 6) is -3.02. The number of ether oxygens (including phenoxy) is 1. The van der Waals surface area contributed by atoms with Gasteiger partial charge in [0, 0.05) is 0 Å². The molecule has 2 aromatic carbocycles. The number of carbonyl (C=O) groups excluding carboxylic acids is 1. The van der Waals surface area contributed by atoms with Crippen molar-refractivity contribution in [2.75, 3.05) is 0 Å². The molecule has 19 heavy (non-hydrogen) atoms. The van der Waals surface area contributed by atoms with Gasteiger partial charge in [-0.15, -0.1) is 0 Å². The average Bonchev–Trinajstić information content (AvgIpc) is 2.40. The zero-order valence-corrected chi connectivity index (χ0v) is 10.0. The lowest BCUT2D eigenvalue weighted by Gasteiger charge is -2.12. The number of aliphatic carboxylic acids is 1. The number of hydrogen-bond acceptors (Lipinski definition) is 3. The minimum atomic E-state index is -1.32. The first-order chi connectivity index (χ1) is 9.18. The van der Waals surface area contributed by atoms with Gasteiger partial charge in [-0.2, -0.15) is 0 Å². The topological polar surface area (TPSA) is 63.6 Å². The smallest absolute Gasteiger partial charge is 0.330 e. The fraction of sp³-hybridized carbons (Fsp3) is 0.0667. The van der Waals surface area contributed by atoms with Crippen molar-refractivity contribution >= 4 is 11.9 Å². The van der Waals surface area contributed by atoms with Gasteiger partial charge in [0.1, 0.15) is 5.75 Å². The van der Waals surface area contributed by atoms with Gasteiger partial charge in [-0.1, -0.05) is 48.5 Å². The highest BCUT2D eigenvalue weighted by Crippen LogP contribution is 2.19. The molecule has 0 heterocycles. The monoisotopic (exact) mass is 256 g/mol. The number of carboxylic acids is 1. The molecule has 0 spiro atoms. The van der Waals surface area contributed by atoms with Crippen molar-refractivity contribution in [1.82, 2.24) is 0 Å². The van der Waals surface area contributed by atoms with Crippen LogP contribution in [0.25, 0.3) is 0 Å². The molecular formula is C15H12O4. The van der Waals surface area contributed by atoms with Gasteiger partial charge in [-0.3, -0.25) is 9.59 Å². The average molecular weight is 256 g/mol. The standard InChI is InChI=1S/C15H12O4/c16-14(17)13(11-7-3-1-4-8-11)15(18)19-12-9-5-2-6-10-12/h1-10,13H,(H,16,17)/t13-/m0/s1. The summed E-state index contributed by atoms with van der Waals surface area (Å²) in [6, 6.07) is 16.7. The number of benzene rings is 2. The van der Waals surface area contributed by atoms with E-state index in [0.717, 1.165) is 0 Å². The first kappa shape index (κ1) is 12.8. The molecule has 0 aliphatic heterocycles. The Hall–Kier alpha value is -2.62. The molecule has 0 radical (unpaired) electrons. The van der Waals surface area contributed by atoms with Gasteiger partial charge >= 0.3 is 11.9 Å². The first-order valence-electron chi connectivity index (χ1n) is 5.73. The molecule has 96 valence electrons. The Kier molecular flexibility index (Phi) is 3.93. The highest BCUT2D eigenvalue weighted by molar-refractivity contribution is 6.00. The van der Waals surface area contributed by atoms with Gasteiger partial charge < -0.3 is 9.84 Å². The van der Waals surface area contributed by atoms with Crippen LogP contribution in [0.2, 0.25) is 0 Å². The van der Waals surface area contributed by atoms with Crippen molar-refractivity contribution < 1.29 is 19.4 Å². The van der Waals surface area contributed by atoms with E-state index in [9.17, 15) is 14.7 Å². The lowest BCUT2D eigenvalue weighted by molar-refractivity contribution is -0.148. The van der Waals surface area contributed by atoms with Gasteiger partial charge in [-0.05, 0) is 17.7 Å². The fourth-order valence-electron chi connectivity index (χ4n) is 1.69. The molecule has 1 N–H and O–H groups in total. The minimum Gasteiger partial charge on any atom is -0.480 e. The molecule has 1 atom stereocenters. The third-order valence-corrected chi connectivity index (χ3v) is 2.58. The van der Waals surface area contributed by atoms with Crippen LogP contribution in [-0.2, 0) is 9.59 Å². The van der Waals surface area contributed by atoms with Gasteiger partial charge in [0.2, 0.25) is 0 Å². The second-order valence-electron chi connectivity index (χ2n) is 3.92. The molecule has 0 aromatic heterocycles. The second-order valence-corrected chi connectivity index (χ2v) is 3.92. The quantitative estimate of drug-likeness (QED) is 0.518. The Morgan fingerprint density at radius 2 is 1.42 bits per heavy atom. The maximum Gasteiger partial charge on any atom is 0.330 e. The first-order valence-corrected chi connectivity index (χ1v) is 5.73. The molecule has 0 fully saturated rings. The van der Waals surface area contributed by atoms with E-state index in [-0.39, 0.29) is 0 Å². The largest absolute Gasteiger partial charge is 0.480 e. The number of carboxylic acid groups (broad SMARTS) is 1. The summed E-state index contributed by atoms with van der Waals surface area (Å²) in [5, 5.41) is 9.17. The zero-order valence-electron chi connectivity index (χ0n) is 10.0. The molecule has 2 aromatic rings. The Morgan fingerprint density at radius 1 is 0.895 bits per heavy atom. The fourth-order valence-corrected chi connectivity index (χ4v) is 1.69. The normalized spacial score (nSPS) is 11.6. The van der Waals surface area contributed by atoms with E-state index in [1.54, 1.807) is 60.7 Å². The lowest BCUT2D eigenvalue weighted by Crippen LogP contribution is -2.25. The van der Waals surface area contributed by atoms with E-state index in [2.05, 4.69) is 0 Å². The molecule has 0 aliphatic carbocycles. The molecule has 0 amide bonds. The van der Waals surface area contributed by atoms with Crippen molar-refractivity contribution in [1.29, 1.82) is 0 Å². The predicted molar refractivity (Wildman–Crippen MR) is 68.9 cm³/mol. The van der Waals surface area contributed by atoms with Crippen molar-refractivity contribution in [3.8, 4) is 5.75 Å². The highest BCUT2D eigenvalue weighted by Gasteiger charge is 2.30. The number of rotatable bonds is 4. The minimum absolute atomic E-state index is 0.328. The number of para-hydroxylation sites is 1. The van der Waals surface area contributed by atoms with Crippen molar-refractivity contribution in [2.24, 2.45) is 0 Å². The Balaban J connectivity index is 2.21. The number of esters is 1. The van der Waals surface area contributed by atoms with E-state index in [0.29, 0.717) is 11.3 Å². The SMILES string of the molecule is O=C(O)[C@@H](C(=O)Oc1ccccc1)c1ccccc1. The van der Waals surface area contributed by atoms with Crippen LogP contribution in [0.5, 0.6) is 5.75 Å². The van der Waals surface area contributed by atoms with Gasteiger partial charge in [0.15, 0.2) is 5.92 Å². The van der Waals surface area contributed by atoms with Crippen LogP contribution >= 0.6 is 0 Å². The van der Waals surface area contributed by atoms with Crippen LogP contribution in [0.15, 0.2) is 60.7 Å². The molecule has 4 heteroatoms. The molecule has 0 unspecified atom stereocenters. The summed E-state index contributed by atoms with van der Waals surface area (Å²) >= 11 is 0. The third-order valence-electron chi connectivity index (χ3n) is 2.58. The van der Waals surface area contributed by atoms with Gasteiger partial charge in [0.05, 0.1) is 0 Å². The zero-order chi connectivity index (χ0) is 13.7. The molecule has 4 nitrogen and oxygen atoms in total. The lowest BCUT2D eigenvalue weighted by atomic mass is 10.00. The molecule has 2 rings (SSSR count). The maximum atomic E-state index is 12.0. The van der Waals surface area contributed by atoms with Crippen molar-refractivity contribution in [3.05, 3.63) is 66.2 Å². The van der Waals surface area contributed by atoms with Crippen LogP contribution in [0.4, 0.5) is 0 Å². The van der Waals surface area contributed by atoms with Crippen molar-refractivity contribution in [3.63, 3.8) is 0 Å². The predicted octanol–water partition coefficient (Wildman–Crippen LogP) is 2.46. The van der Waals surface area contributed by atoms with Gasteiger partial charge in [-0.25, -0.2) is 0 Å². The highest BCUT2D eigenvalue weighted by atomic mass is 16.5. The molecule has 0 bridgehead atoms. The number of hydrogen-bond donors (Lipinski definition) is 1. The van der Waals surface area contributed by atoms with Crippen LogP contribution in [-0.4, -0.2) is 17.0 Å². The summed E-state index contributed by atoms with van der Waals surface area (Å²) in [7, 11) is 0. The van der Waals surface area contributed by atoms with Crippen molar-refractivity contribution in [2.45, 2.75) is 5.92 Å². The Labute approximate surface area is 110 Å². The van der Waals surface area contributed by atoms with E-state index >= 15 is 0 Å². The van der Waals surface area contributed by atoms with E-state index in [1.807, 2.05) is 0 Å². The van der Waals surface area contributed by atoms with E-state index in [4.69, 9.17) is 4.74 Å². The van der Waals surface area contributed by atoms with E-state index < -0.39 is 17.9 Å². The van der Waals surface area contributed by atoms with Crippen LogP contribution in [0, 0.1) is 0 Å². The summed E-state index contributed by atoms with van der Waals surface area (Å²) in [6.45, 7) is 0. The molecule has 0 aliphatic rings. The third kappa shape index (κ3) is 3.19. The molecular weight excluding hydrogens is 244 g/mol. The Bertz CT molecular complexity index is 563. The van der Waals surface area contributed by atoms with Crippen LogP contribution in [0.3, 0.4) is 0 Å². The van der Waals surface area contributed by atoms with Gasteiger partial charge in [0.25, 0.3) is 0 Å². The summed E-state index contributed by atoms with van der Waals surface area (Å²) in [5.41, 5.74) is 0.399. The maximum absolute atomic E-state index is 12.0. The van der Waals surface area contributed by atoms with Crippen LogP contribution in [0.1, 0.15) is 11.5 Å². The summed E-state index contributed by atoms with van der Waals surface area (Å²) in [6.07, 6.45) is 0. The summed E-state index contributed by atoms with van der Waals surface area (Å²) in [4.78, 5) is 23.2. The number of carbonyl (C=O) groups is 2. The van der Waals surface area contributed by atoms with Crippen LogP contribution < -0.4 is 4.74 Å². The molecule has 0 saturated carbocycles. The second kappa shape index (κ2) is 5.82. The Morgan fingerprint density at radius 3 is 1.95 bits per heavy atom.